The molecule has 2 saturated heterocycles. The monoisotopic (exact) mass is 394 g/mol. The van der Waals surface area contributed by atoms with Gasteiger partial charge in [-0.1, -0.05) is 0 Å². The number of aromatic nitrogens is 5. The van der Waals surface area contributed by atoms with Crippen molar-refractivity contribution in [1.82, 2.24) is 29.2 Å². The number of likely N-dealkylation sites (tertiary alicyclic amines) is 1. The van der Waals surface area contributed by atoms with Crippen molar-refractivity contribution in [3.63, 3.8) is 0 Å². The largest absolute Gasteiger partial charge is 0.378 e. The van der Waals surface area contributed by atoms with Gasteiger partial charge in [0.15, 0.2) is 0 Å². The van der Waals surface area contributed by atoms with Crippen LogP contribution in [0.1, 0.15) is 12.8 Å². The van der Waals surface area contributed by atoms with Crippen LogP contribution in [0.4, 0.5) is 16.4 Å². The van der Waals surface area contributed by atoms with Crippen LogP contribution in [0, 0.1) is 0 Å². The van der Waals surface area contributed by atoms with Gasteiger partial charge in [0.05, 0.1) is 30.8 Å². The van der Waals surface area contributed by atoms with Gasteiger partial charge in [0, 0.05) is 44.8 Å². The summed E-state index contributed by atoms with van der Waals surface area (Å²) >= 11 is 0. The quantitative estimate of drug-likeness (QED) is 0.721. The van der Waals surface area contributed by atoms with Crippen LogP contribution in [0.2, 0.25) is 0 Å². The van der Waals surface area contributed by atoms with Crippen LogP contribution in [-0.4, -0.2) is 74.7 Å². The van der Waals surface area contributed by atoms with Gasteiger partial charge in [-0.3, -0.25) is 9.72 Å². The molecule has 3 aromatic rings. The van der Waals surface area contributed by atoms with E-state index in [0.29, 0.717) is 17.2 Å². The lowest BCUT2D eigenvalue weighted by molar-refractivity contribution is 0.122. The van der Waals surface area contributed by atoms with Gasteiger partial charge in [-0.2, -0.15) is 0 Å². The van der Waals surface area contributed by atoms with Gasteiger partial charge in [0.1, 0.15) is 5.69 Å². The van der Waals surface area contributed by atoms with Crippen molar-refractivity contribution >= 4 is 23.4 Å². The number of nitrogens with one attached hydrogen (secondary N) is 1. The highest BCUT2D eigenvalue weighted by atomic mass is 16.5. The van der Waals surface area contributed by atoms with Crippen LogP contribution in [0.5, 0.6) is 0 Å². The molecule has 10 heteroatoms. The van der Waals surface area contributed by atoms with E-state index in [9.17, 15) is 4.79 Å². The predicted molar refractivity (Wildman–Crippen MR) is 107 cm³/mol. The van der Waals surface area contributed by atoms with Gasteiger partial charge in [-0.05, 0) is 18.9 Å². The van der Waals surface area contributed by atoms with Crippen molar-refractivity contribution in [2.75, 3.05) is 49.6 Å². The number of urea groups is 1. The molecule has 0 aromatic carbocycles. The van der Waals surface area contributed by atoms with Crippen LogP contribution in [-0.2, 0) is 4.74 Å². The van der Waals surface area contributed by atoms with Gasteiger partial charge in [-0.25, -0.2) is 24.7 Å². The minimum absolute atomic E-state index is 0.161. The molecule has 2 aliphatic heterocycles. The Kier molecular flexibility index (Phi) is 4.68. The van der Waals surface area contributed by atoms with E-state index in [-0.39, 0.29) is 12.0 Å². The van der Waals surface area contributed by atoms with E-state index in [1.807, 2.05) is 23.0 Å². The van der Waals surface area contributed by atoms with Crippen LogP contribution in [0.15, 0.2) is 30.9 Å². The summed E-state index contributed by atoms with van der Waals surface area (Å²) in [4.78, 5) is 34.0. The molecule has 2 aliphatic rings. The molecule has 3 aromatic heterocycles. The number of anilines is 2. The summed E-state index contributed by atoms with van der Waals surface area (Å²) < 4.78 is 7.31. The van der Waals surface area contributed by atoms with Crippen molar-refractivity contribution < 1.29 is 9.53 Å². The summed E-state index contributed by atoms with van der Waals surface area (Å²) in [6.45, 7) is 4.69. The van der Waals surface area contributed by atoms with E-state index >= 15 is 0 Å². The molecule has 0 radical (unpaired) electrons. The summed E-state index contributed by atoms with van der Waals surface area (Å²) in [6.07, 6.45) is 9.43. The molecule has 10 nitrogen and oxygen atoms in total. The highest BCUT2D eigenvalue weighted by Crippen LogP contribution is 2.20. The van der Waals surface area contributed by atoms with Crippen molar-refractivity contribution in [3.8, 4) is 11.4 Å². The lowest BCUT2D eigenvalue weighted by Crippen LogP contribution is -2.36. The summed E-state index contributed by atoms with van der Waals surface area (Å²) in [7, 11) is 0. The highest BCUT2D eigenvalue weighted by molar-refractivity contribution is 5.87. The molecular formula is C19H22N8O2. The SMILES string of the molecule is O=C(Nc1nccc(-c2cn3cc(N4CCOCC4)cnc3n2)n1)N1CCCC1. The third kappa shape index (κ3) is 3.70. The van der Waals surface area contributed by atoms with Crippen LogP contribution in [0.25, 0.3) is 17.2 Å². The molecule has 2 amide bonds. The molecule has 5 heterocycles. The Hall–Kier alpha value is -3.27. The van der Waals surface area contributed by atoms with E-state index in [2.05, 4.69) is 30.2 Å². The van der Waals surface area contributed by atoms with Gasteiger partial charge >= 0.3 is 6.03 Å². The number of nitrogens with zero attached hydrogens (tertiary/aromatic N) is 7. The van der Waals surface area contributed by atoms with Gasteiger partial charge < -0.3 is 14.5 Å². The first-order valence-electron chi connectivity index (χ1n) is 9.83. The second kappa shape index (κ2) is 7.63. The number of imidazole rings is 1. The topological polar surface area (TPSA) is 101 Å². The zero-order valence-electron chi connectivity index (χ0n) is 16.0. The van der Waals surface area contributed by atoms with Crippen LogP contribution >= 0.6 is 0 Å². The van der Waals surface area contributed by atoms with E-state index in [0.717, 1.165) is 57.9 Å². The highest BCUT2D eigenvalue weighted by Gasteiger charge is 2.19. The second-order valence-electron chi connectivity index (χ2n) is 7.13. The fourth-order valence-corrected chi connectivity index (χ4v) is 3.64. The number of ether oxygens (including phenoxy) is 1. The Morgan fingerprint density at radius 2 is 1.83 bits per heavy atom. The average molecular weight is 394 g/mol. The Labute approximate surface area is 167 Å². The molecular weight excluding hydrogens is 372 g/mol. The standard InChI is InChI=1S/C19H22N8O2/c28-19(26-5-1-2-6-26)24-17-20-4-3-15(22-17)16-13-27-12-14(11-21-18(27)23-16)25-7-9-29-10-8-25/h3-4,11-13H,1-2,5-10H2,(H,20,22,24,28). The average Bonchev–Trinajstić information content (AvgIpc) is 3.44. The third-order valence-corrected chi connectivity index (χ3v) is 5.20. The molecule has 0 atom stereocenters. The number of amides is 2. The Morgan fingerprint density at radius 3 is 2.66 bits per heavy atom. The Morgan fingerprint density at radius 1 is 1.00 bits per heavy atom. The molecule has 1 N–H and O–H groups in total. The van der Waals surface area contributed by atoms with E-state index < -0.39 is 0 Å². The number of carbonyl (C=O) groups excluding carboxylic acids is 1. The number of carbonyl (C=O) groups is 1. The molecule has 0 saturated carbocycles. The van der Waals surface area contributed by atoms with Crippen LogP contribution in [0.3, 0.4) is 0 Å². The summed E-state index contributed by atoms with van der Waals surface area (Å²) in [5.41, 5.74) is 2.34. The molecule has 0 bridgehead atoms. The summed E-state index contributed by atoms with van der Waals surface area (Å²) in [5.74, 6) is 0.872. The van der Waals surface area contributed by atoms with E-state index in [4.69, 9.17) is 4.74 Å². The number of rotatable bonds is 3. The van der Waals surface area contributed by atoms with E-state index in [1.54, 1.807) is 17.2 Å². The maximum Gasteiger partial charge on any atom is 0.324 e. The van der Waals surface area contributed by atoms with E-state index in [1.165, 1.54) is 0 Å². The van der Waals surface area contributed by atoms with Crippen molar-refractivity contribution in [2.24, 2.45) is 0 Å². The molecule has 150 valence electrons. The number of fused-ring (bicyclic) bond motifs is 1. The number of morpholine rings is 1. The number of hydrogen-bond donors (Lipinski definition) is 1. The normalized spacial score (nSPS) is 17.1. The lowest BCUT2D eigenvalue weighted by atomic mass is 10.3. The minimum atomic E-state index is -0.161. The second-order valence-corrected chi connectivity index (χ2v) is 7.13. The predicted octanol–water partition coefficient (Wildman–Crippen LogP) is 1.65. The van der Waals surface area contributed by atoms with Gasteiger partial charge in [0.25, 0.3) is 0 Å². The van der Waals surface area contributed by atoms with Crippen molar-refractivity contribution in [1.29, 1.82) is 0 Å². The molecule has 0 spiro atoms. The first-order chi connectivity index (χ1) is 14.3. The maximum absolute atomic E-state index is 12.3. The zero-order chi connectivity index (χ0) is 19.6. The first-order valence-corrected chi connectivity index (χ1v) is 9.83. The van der Waals surface area contributed by atoms with Gasteiger partial charge in [0.2, 0.25) is 11.7 Å². The summed E-state index contributed by atoms with van der Waals surface area (Å²) in [6, 6.07) is 1.61. The number of hydrogen-bond acceptors (Lipinski definition) is 7. The minimum Gasteiger partial charge on any atom is -0.378 e. The molecule has 29 heavy (non-hydrogen) atoms. The Bertz CT molecular complexity index is 1020. The maximum atomic E-state index is 12.3. The fourth-order valence-electron chi connectivity index (χ4n) is 3.64. The van der Waals surface area contributed by atoms with Gasteiger partial charge in [-0.15, -0.1) is 0 Å². The molecule has 5 rings (SSSR count). The lowest BCUT2D eigenvalue weighted by Gasteiger charge is -2.28. The molecule has 0 aliphatic carbocycles. The summed E-state index contributed by atoms with van der Waals surface area (Å²) in [5, 5.41) is 2.78. The zero-order valence-corrected chi connectivity index (χ0v) is 16.0. The molecule has 0 unspecified atom stereocenters. The first kappa shape index (κ1) is 17.8. The third-order valence-electron chi connectivity index (χ3n) is 5.20. The molecule has 2 fully saturated rings. The van der Waals surface area contributed by atoms with Crippen molar-refractivity contribution in [3.05, 3.63) is 30.9 Å². The smallest absolute Gasteiger partial charge is 0.324 e. The fraction of sp³-hybridized carbons (Fsp3) is 0.421. The van der Waals surface area contributed by atoms with Crippen molar-refractivity contribution in [2.45, 2.75) is 12.8 Å². The van der Waals surface area contributed by atoms with Crippen LogP contribution < -0.4 is 10.2 Å². The Balaban J connectivity index is 1.37.